The van der Waals surface area contributed by atoms with Crippen LogP contribution in [0.15, 0.2) is 83.8 Å². The topological polar surface area (TPSA) is 151 Å². The molecule has 0 radical (unpaired) electrons. The molecule has 4 rings (SSSR count). The number of nitrogens with one attached hydrogen (secondary N) is 2. The highest BCUT2D eigenvalue weighted by atomic mass is 32.2. The third-order valence-electron chi connectivity index (χ3n) is 6.39. The zero-order valence-corrected chi connectivity index (χ0v) is 23.4. The number of ether oxygens (including phenoxy) is 1. The van der Waals surface area contributed by atoms with Gasteiger partial charge < -0.3 is 25.9 Å². The summed E-state index contributed by atoms with van der Waals surface area (Å²) >= 11 is 0. The van der Waals surface area contributed by atoms with Gasteiger partial charge in [0, 0.05) is 25.9 Å². The molecule has 1 aromatic heterocycles. The minimum absolute atomic E-state index is 0.0120. The van der Waals surface area contributed by atoms with E-state index in [9.17, 15) is 18.3 Å². The maximum atomic E-state index is 14.1. The number of amides is 1. The molecule has 40 heavy (non-hydrogen) atoms. The van der Waals surface area contributed by atoms with Crippen LogP contribution in [0.25, 0.3) is 11.0 Å². The van der Waals surface area contributed by atoms with Gasteiger partial charge in [0.15, 0.2) is 5.95 Å². The molecule has 3 aromatic carbocycles. The van der Waals surface area contributed by atoms with E-state index in [1.165, 1.54) is 12.1 Å². The lowest BCUT2D eigenvalue weighted by molar-refractivity contribution is -0.0702. The van der Waals surface area contributed by atoms with E-state index in [2.05, 4.69) is 15.3 Å². The number of H-pyrrole nitrogens is 1. The van der Waals surface area contributed by atoms with Crippen LogP contribution in [0.1, 0.15) is 31.4 Å². The first-order valence-corrected chi connectivity index (χ1v) is 14.5. The van der Waals surface area contributed by atoms with Crippen molar-refractivity contribution in [3.8, 4) is 0 Å². The van der Waals surface area contributed by atoms with E-state index in [-0.39, 0.29) is 49.3 Å². The summed E-state index contributed by atoms with van der Waals surface area (Å²) in [6.45, 7) is 3.88. The van der Waals surface area contributed by atoms with E-state index in [4.69, 9.17) is 10.5 Å². The lowest BCUT2D eigenvalue weighted by atomic mass is 9.98. The number of carbonyl (C=O) groups is 1. The molecule has 1 unspecified atom stereocenters. The number of carbonyl (C=O) groups excluding carboxylic acids is 1. The van der Waals surface area contributed by atoms with Gasteiger partial charge in [0.05, 0.1) is 15.9 Å². The second kappa shape index (κ2) is 12.5. The molecule has 11 heteroatoms. The number of nitrogen functional groups attached to an aromatic ring is 1. The molecule has 0 aliphatic carbocycles. The van der Waals surface area contributed by atoms with Gasteiger partial charge in [0.25, 0.3) is 0 Å². The highest BCUT2D eigenvalue weighted by molar-refractivity contribution is 7.89. The molecule has 1 heterocycles. The number of anilines is 1. The first kappa shape index (κ1) is 29.1. The van der Waals surface area contributed by atoms with E-state index in [0.29, 0.717) is 11.0 Å². The fourth-order valence-electron chi connectivity index (χ4n) is 4.48. The van der Waals surface area contributed by atoms with Crippen LogP contribution in [0.2, 0.25) is 0 Å². The normalized spacial score (nSPS) is 13.4. The van der Waals surface area contributed by atoms with Gasteiger partial charge in [0.2, 0.25) is 10.0 Å². The van der Waals surface area contributed by atoms with Gasteiger partial charge in [0.1, 0.15) is 12.3 Å². The number of aliphatic hydroxyl groups is 1. The first-order valence-electron chi connectivity index (χ1n) is 13.1. The Kier molecular flexibility index (Phi) is 9.08. The van der Waals surface area contributed by atoms with Crippen LogP contribution in [-0.2, 0) is 27.8 Å². The van der Waals surface area contributed by atoms with Gasteiger partial charge in [-0.2, -0.15) is 4.31 Å². The zero-order valence-electron chi connectivity index (χ0n) is 22.6. The van der Waals surface area contributed by atoms with Gasteiger partial charge in [-0.05, 0) is 35.2 Å². The Hall–Kier alpha value is -3.93. The van der Waals surface area contributed by atoms with Crippen molar-refractivity contribution < 1.29 is 23.1 Å². The number of benzene rings is 3. The van der Waals surface area contributed by atoms with E-state index >= 15 is 0 Å². The number of alkyl carbamates (subject to hydrolysis) is 1. The molecule has 5 N–H and O–H groups in total. The van der Waals surface area contributed by atoms with Crippen molar-refractivity contribution in [3.05, 3.63) is 90.0 Å². The van der Waals surface area contributed by atoms with Crippen LogP contribution in [-0.4, -0.2) is 52.7 Å². The Bertz CT molecular complexity index is 1530. The molecule has 10 nitrogen and oxygen atoms in total. The van der Waals surface area contributed by atoms with Crippen molar-refractivity contribution in [1.29, 1.82) is 0 Å². The summed E-state index contributed by atoms with van der Waals surface area (Å²) in [6, 6.07) is 22.9. The third kappa shape index (κ3) is 7.17. The van der Waals surface area contributed by atoms with Gasteiger partial charge in [-0.1, -0.05) is 74.5 Å². The fourth-order valence-corrected chi connectivity index (χ4v) is 6.33. The number of rotatable bonds is 12. The van der Waals surface area contributed by atoms with Crippen molar-refractivity contribution in [2.24, 2.45) is 5.92 Å². The predicted molar refractivity (Wildman–Crippen MR) is 154 cm³/mol. The molecule has 0 saturated heterocycles. The summed E-state index contributed by atoms with van der Waals surface area (Å²) in [4.78, 5) is 19.4. The Balaban J connectivity index is 1.60. The van der Waals surface area contributed by atoms with Gasteiger partial charge >= 0.3 is 6.09 Å². The van der Waals surface area contributed by atoms with E-state index in [0.717, 1.165) is 15.4 Å². The number of aromatic amines is 1. The molecule has 0 aliphatic rings. The van der Waals surface area contributed by atoms with E-state index in [1.807, 2.05) is 74.5 Å². The number of nitrogens with zero attached hydrogens (tertiary/aromatic N) is 2. The minimum Gasteiger partial charge on any atom is -0.445 e. The lowest BCUT2D eigenvalue weighted by Gasteiger charge is -2.40. The number of aromatic nitrogens is 2. The minimum atomic E-state index is -4.21. The monoisotopic (exact) mass is 565 g/mol. The molecule has 0 fully saturated rings. The van der Waals surface area contributed by atoms with Gasteiger partial charge in [-0.15, -0.1) is 0 Å². The summed E-state index contributed by atoms with van der Waals surface area (Å²) < 4.78 is 34.6. The summed E-state index contributed by atoms with van der Waals surface area (Å²) in [5.74, 6) is 0.0695. The number of hydrogen-bond donors (Lipinski definition) is 4. The number of nitrogens with two attached hydrogens (primary N) is 1. The molecule has 0 spiro atoms. The maximum absolute atomic E-state index is 14.1. The molecule has 1 amide bonds. The second-order valence-corrected chi connectivity index (χ2v) is 12.0. The fraction of sp³-hybridized carbons (Fsp3) is 0.310. The summed E-state index contributed by atoms with van der Waals surface area (Å²) in [5.41, 5.74) is 6.47. The summed E-state index contributed by atoms with van der Waals surface area (Å²) in [7, 11) is -4.21. The van der Waals surface area contributed by atoms with Crippen LogP contribution in [0.3, 0.4) is 0 Å². The number of imidazole rings is 1. The van der Waals surface area contributed by atoms with Crippen LogP contribution >= 0.6 is 0 Å². The highest BCUT2D eigenvalue weighted by Crippen LogP contribution is 2.31. The quantitative estimate of drug-likeness (QED) is 0.189. The smallest absolute Gasteiger partial charge is 0.407 e. The van der Waals surface area contributed by atoms with E-state index < -0.39 is 21.8 Å². The summed E-state index contributed by atoms with van der Waals surface area (Å²) in [6.07, 6.45) is -0.727. The standard InChI is InChI=1S/C29H35N5O5S/c1-21(2)19-34(40(37,38)24-13-14-25-26(17-24)33-27(30)32-25)29(36,18-22-9-5-3-6-10-22)15-16-31-28(35)39-20-23-11-7-4-8-12-23/h3-14,17,21,36H,15-16,18-20H2,1-2H3,(H,31,35)(H3,30,32,33). The molecular formula is C29H35N5O5S. The summed E-state index contributed by atoms with van der Waals surface area (Å²) in [5, 5.41) is 14.8. The second-order valence-electron chi connectivity index (χ2n) is 10.1. The number of hydrogen-bond acceptors (Lipinski definition) is 7. The maximum Gasteiger partial charge on any atom is 0.407 e. The van der Waals surface area contributed by atoms with Gasteiger partial charge in [-0.3, -0.25) is 0 Å². The molecular weight excluding hydrogens is 530 g/mol. The molecule has 0 saturated carbocycles. The molecule has 212 valence electrons. The van der Waals surface area contributed by atoms with Crippen molar-refractivity contribution >= 4 is 33.1 Å². The average molecular weight is 566 g/mol. The van der Waals surface area contributed by atoms with Crippen molar-refractivity contribution in [1.82, 2.24) is 19.6 Å². The Morgan fingerprint density at radius 2 is 1.73 bits per heavy atom. The van der Waals surface area contributed by atoms with E-state index in [1.54, 1.807) is 6.07 Å². The Morgan fingerprint density at radius 1 is 1.07 bits per heavy atom. The highest BCUT2D eigenvalue weighted by Gasteiger charge is 2.43. The van der Waals surface area contributed by atoms with Crippen molar-refractivity contribution in [3.63, 3.8) is 0 Å². The van der Waals surface area contributed by atoms with Crippen molar-refractivity contribution in [2.75, 3.05) is 18.8 Å². The van der Waals surface area contributed by atoms with Crippen LogP contribution < -0.4 is 11.1 Å². The third-order valence-corrected chi connectivity index (χ3v) is 8.31. The van der Waals surface area contributed by atoms with Crippen molar-refractivity contribution in [2.45, 2.75) is 43.9 Å². The predicted octanol–water partition coefficient (Wildman–Crippen LogP) is 4.04. The SMILES string of the molecule is CC(C)CN(C(O)(CCNC(=O)OCc1ccccc1)Cc1ccccc1)S(=O)(=O)c1ccc2[nH]c(N)nc2c1. The Morgan fingerprint density at radius 3 is 2.38 bits per heavy atom. The first-order chi connectivity index (χ1) is 19.1. The molecule has 0 bridgehead atoms. The Labute approximate surface area is 234 Å². The number of sulfonamides is 1. The molecule has 0 aliphatic heterocycles. The van der Waals surface area contributed by atoms with Crippen LogP contribution in [0, 0.1) is 5.92 Å². The lowest BCUT2D eigenvalue weighted by Crippen LogP contribution is -2.55. The van der Waals surface area contributed by atoms with Gasteiger partial charge in [-0.25, -0.2) is 18.2 Å². The zero-order chi connectivity index (χ0) is 28.8. The molecule has 4 aromatic rings. The largest absolute Gasteiger partial charge is 0.445 e. The molecule has 1 atom stereocenters. The number of fused-ring (bicyclic) bond motifs is 1. The van der Waals surface area contributed by atoms with Crippen LogP contribution in [0.4, 0.5) is 10.7 Å². The van der Waals surface area contributed by atoms with Crippen LogP contribution in [0.5, 0.6) is 0 Å². The average Bonchev–Trinajstić information content (AvgIpc) is 3.31.